The van der Waals surface area contributed by atoms with Crippen LogP contribution in [0, 0.1) is 0 Å². The van der Waals surface area contributed by atoms with Crippen LogP contribution in [0.3, 0.4) is 0 Å². The predicted octanol–water partition coefficient (Wildman–Crippen LogP) is 3.42. The lowest BCUT2D eigenvalue weighted by Gasteiger charge is -2.04. The van der Waals surface area contributed by atoms with Crippen molar-refractivity contribution in [3.05, 3.63) is 45.9 Å². The molecular weight excluding hydrogens is 230 g/mol. The highest BCUT2D eigenvalue weighted by molar-refractivity contribution is 7.07. The van der Waals surface area contributed by atoms with Crippen LogP contribution < -0.4 is 4.74 Å². The number of halogens is 1. The van der Waals surface area contributed by atoms with E-state index in [0.29, 0.717) is 11.8 Å². The molecule has 2 heterocycles. The Labute approximate surface area is 97.5 Å². The first-order chi connectivity index (χ1) is 7.34. The van der Waals surface area contributed by atoms with Crippen molar-refractivity contribution in [2.24, 2.45) is 0 Å². The summed E-state index contributed by atoms with van der Waals surface area (Å²) in [5, 5.41) is 4.68. The van der Waals surface area contributed by atoms with E-state index in [1.807, 2.05) is 6.07 Å². The molecule has 15 heavy (non-hydrogen) atoms. The lowest BCUT2D eigenvalue weighted by molar-refractivity contribution is 0.321. The van der Waals surface area contributed by atoms with Crippen LogP contribution in [0.15, 0.2) is 35.2 Å². The number of pyridine rings is 1. The molecule has 0 amide bonds. The van der Waals surface area contributed by atoms with E-state index in [1.54, 1.807) is 23.6 Å². The maximum atomic E-state index is 5.66. The second-order valence-electron chi connectivity index (χ2n) is 3.05. The fourth-order valence-electron chi connectivity index (χ4n) is 1.17. The Bertz CT molecular complexity index is 399. The van der Waals surface area contributed by atoms with Crippen LogP contribution in [0.1, 0.15) is 5.56 Å². The van der Waals surface area contributed by atoms with Gasteiger partial charge in [-0.15, -0.1) is 0 Å². The zero-order valence-corrected chi connectivity index (χ0v) is 9.59. The Kier molecular flexibility index (Phi) is 3.59. The molecule has 0 aliphatic carbocycles. The van der Waals surface area contributed by atoms with Crippen LogP contribution in [0.2, 0.25) is 5.15 Å². The molecule has 0 radical (unpaired) electrons. The summed E-state index contributed by atoms with van der Waals surface area (Å²) in [6.45, 7) is 0.667. The summed E-state index contributed by atoms with van der Waals surface area (Å²) in [7, 11) is 0. The van der Waals surface area contributed by atoms with E-state index < -0.39 is 0 Å². The van der Waals surface area contributed by atoms with Crippen LogP contribution in [0.5, 0.6) is 5.75 Å². The molecule has 0 spiro atoms. The van der Waals surface area contributed by atoms with Crippen LogP contribution in [-0.2, 0) is 6.42 Å². The van der Waals surface area contributed by atoms with E-state index in [4.69, 9.17) is 16.3 Å². The van der Waals surface area contributed by atoms with Crippen molar-refractivity contribution in [1.82, 2.24) is 4.98 Å². The van der Waals surface area contributed by atoms with Gasteiger partial charge in [0.1, 0.15) is 10.9 Å². The van der Waals surface area contributed by atoms with Crippen LogP contribution in [0.4, 0.5) is 0 Å². The van der Waals surface area contributed by atoms with Crippen LogP contribution >= 0.6 is 22.9 Å². The highest BCUT2D eigenvalue weighted by atomic mass is 35.5. The summed E-state index contributed by atoms with van der Waals surface area (Å²) in [5.74, 6) is 0.759. The van der Waals surface area contributed by atoms with Gasteiger partial charge in [0.15, 0.2) is 0 Å². The monoisotopic (exact) mass is 239 g/mol. The largest absolute Gasteiger partial charge is 0.492 e. The normalized spacial score (nSPS) is 10.2. The molecule has 0 fully saturated rings. The lowest BCUT2D eigenvalue weighted by atomic mass is 10.3. The molecule has 0 saturated carbocycles. The molecule has 0 unspecified atom stereocenters. The predicted molar refractivity (Wildman–Crippen MR) is 62.8 cm³/mol. The Morgan fingerprint density at radius 2 is 2.27 bits per heavy atom. The molecule has 0 saturated heterocycles. The molecule has 0 bridgehead atoms. The zero-order valence-electron chi connectivity index (χ0n) is 8.02. The Morgan fingerprint density at radius 3 is 2.93 bits per heavy atom. The van der Waals surface area contributed by atoms with Gasteiger partial charge in [0.05, 0.1) is 12.8 Å². The van der Waals surface area contributed by atoms with Gasteiger partial charge < -0.3 is 4.74 Å². The van der Waals surface area contributed by atoms with Crippen LogP contribution in [0.25, 0.3) is 0 Å². The molecule has 4 heteroatoms. The van der Waals surface area contributed by atoms with Gasteiger partial charge in [-0.2, -0.15) is 11.3 Å². The molecule has 0 aliphatic rings. The summed E-state index contributed by atoms with van der Waals surface area (Å²) < 4.78 is 5.52. The summed E-state index contributed by atoms with van der Waals surface area (Å²) in [4.78, 5) is 3.94. The fraction of sp³-hybridized carbons (Fsp3) is 0.182. The molecule has 0 aromatic carbocycles. The van der Waals surface area contributed by atoms with E-state index in [1.165, 1.54) is 5.56 Å². The topological polar surface area (TPSA) is 22.1 Å². The summed E-state index contributed by atoms with van der Waals surface area (Å²) in [5.41, 5.74) is 1.31. The average Bonchev–Trinajstić information content (AvgIpc) is 2.74. The summed E-state index contributed by atoms with van der Waals surface area (Å²) >= 11 is 7.36. The van der Waals surface area contributed by atoms with Crippen molar-refractivity contribution in [1.29, 1.82) is 0 Å². The number of thiophene rings is 1. The first kappa shape index (κ1) is 10.5. The van der Waals surface area contributed by atoms with Crippen molar-refractivity contribution < 1.29 is 4.74 Å². The van der Waals surface area contributed by atoms with E-state index in [-0.39, 0.29) is 0 Å². The summed E-state index contributed by atoms with van der Waals surface area (Å²) in [6.07, 6.45) is 2.56. The molecule has 0 atom stereocenters. The fourth-order valence-corrected chi connectivity index (χ4v) is 1.98. The third-order valence-corrected chi connectivity index (χ3v) is 2.90. The first-order valence-corrected chi connectivity index (χ1v) is 5.92. The Morgan fingerprint density at radius 1 is 1.33 bits per heavy atom. The molecule has 78 valence electrons. The van der Waals surface area contributed by atoms with E-state index in [0.717, 1.165) is 12.2 Å². The Balaban J connectivity index is 1.81. The van der Waals surface area contributed by atoms with E-state index in [9.17, 15) is 0 Å². The molecular formula is C11H10ClNOS. The zero-order chi connectivity index (χ0) is 10.5. The smallest absolute Gasteiger partial charge is 0.137 e. The second kappa shape index (κ2) is 5.14. The maximum absolute atomic E-state index is 5.66. The number of nitrogens with zero attached hydrogens (tertiary/aromatic N) is 1. The minimum atomic E-state index is 0.486. The van der Waals surface area contributed by atoms with Crippen molar-refractivity contribution >= 4 is 22.9 Å². The molecule has 2 rings (SSSR count). The molecule has 0 aliphatic heterocycles. The molecule has 2 aromatic rings. The van der Waals surface area contributed by atoms with Crippen molar-refractivity contribution in [2.75, 3.05) is 6.61 Å². The van der Waals surface area contributed by atoms with Gasteiger partial charge in [-0.05, 0) is 34.5 Å². The SMILES string of the molecule is Clc1ccc(OCCc2ccsc2)cn1. The van der Waals surface area contributed by atoms with Crippen LogP contribution in [-0.4, -0.2) is 11.6 Å². The van der Waals surface area contributed by atoms with E-state index >= 15 is 0 Å². The molecule has 2 aromatic heterocycles. The average molecular weight is 240 g/mol. The van der Waals surface area contributed by atoms with Crippen molar-refractivity contribution in [3.63, 3.8) is 0 Å². The van der Waals surface area contributed by atoms with Gasteiger partial charge in [0.2, 0.25) is 0 Å². The van der Waals surface area contributed by atoms with Gasteiger partial charge >= 0.3 is 0 Å². The lowest BCUT2D eigenvalue weighted by Crippen LogP contribution is -2.00. The maximum Gasteiger partial charge on any atom is 0.137 e. The minimum absolute atomic E-state index is 0.486. The standard InChI is InChI=1S/C11H10ClNOS/c12-11-2-1-10(7-13-11)14-5-3-9-4-6-15-8-9/h1-2,4,6-8H,3,5H2. The highest BCUT2D eigenvalue weighted by Gasteiger charge is 1.96. The number of ether oxygens (including phenoxy) is 1. The van der Waals surface area contributed by atoms with Gasteiger partial charge in [-0.25, -0.2) is 4.98 Å². The number of rotatable bonds is 4. The molecule has 0 N–H and O–H groups in total. The number of aromatic nitrogens is 1. The third-order valence-electron chi connectivity index (χ3n) is 1.94. The van der Waals surface area contributed by atoms with Crippen molar-refractivity contribution in [2.45, 2.75) is 6.42 Å². The third kappa shape index (κ3) is 3.22. The van der Waals surface area contributed by atoms with Crippen molar-refractivity contribution in [3.8, 4) is 5.75 Å². The van der Waals surface area contributed by atoms with E-state index in [2.05, 4.69) is 21.8 Å². The minimum Gasteiger partial charge on any atom is -0.492 e. The van der Waals surface area contributed by atoms with Gasteiger partial charge in [-0.1, -0.05) is 11.6 Å². The second-order valence-corrected chi connectivity index (χ2v) is 4.21. The van der Waals surface area contributed by atoms with Gasteiger partial charge in [0, 0.05) is 6.42 Å². The number of hydrogen-bond donors (Lipinski definition) is 0. The van der Waals surface area contributed by atoms with Gasteiger partial charge in [-0.3, -0.25) is 0 Å². The summed E-state index contributed by atoms with van der Waals surface area (Å²) in [6, 6.07) is 5.65. The number of hydrogen-bond acceptors (Lipinski definition) is 3. The first-order valence-electron chi connectivity index (χ1n) is 4.60. The van der Waals surface area contributed by atoms with Gasteiger partial charge in [0.25, 0.3) is 0 Å². The quantitative estimate of drug-likeness (QED) is 0.763. The highest BCUT2D eigenvalue weighted by Crippen LogP contribution is 2.13. The molecule has 2 nitrogen and oxygen atoms in total. The Hall–Kier alpha value is -1.06.